The van der Waals surface area contributed by atoms with Crippen LogP contribution in [-0.2, 0) is 4.79 Å². The molecule has 1 aromatic rings. The number of likely N-dealkylation sites (tertiary alicyclic amines) is 1. The van der Waals surface area contributed by atoms with Gasteiger partial charge in [0.15, 0.2) is 0 Å². The molecule has 0 aromatic carbocycles. The summed E-state index contributed by atoms with van der Waals surface area (Å²) in [5.74, 6) is 1.40. The SMILES string of the molecule is CC(=O)N1CCC(c2cnc(N3CCCC(O)C3)cn2)CC1. The largest absolute Gasteiger partial charge is 0.391 e. The first-order chi connectivity index (χ1) is 10.6. The van der Waals surface area contributed by atoms with E-state index in [2.05, 4.69) is 14.9 Å². The number of carbonyl (C=O) groups is 1. The summed E-state index contributed by atoms with van der Waals surface area (Å²) in [6, 6.07) is 0. The first kappa shape index (κ1) is 15.2. The normalized spacial score (nSPS) is 23.6. The second-order valence-corrected chi connectivity index (χ2v) is 6.32. The van der Waals surface area contributed by atoms with Gasteiger partial charge in [-0.3, -0.25) is 9.78 Å². The molecule has 2 fully saturated rings. The van der Waals surface area contributed by atoms with Crippen LogP contribution in [0.4, 0.5) is 5.82 Å². The number of nitrogens with zero attached hydrogens (tertiary/aromatic N) is 4. The van der Waals surface area contributed by atoms with Crippen molar-refractivity contribution in [3.63, 3.8) is 0 Å². The number of anilines is 1. The quantitative estimate of drug-likeness (QED) is 0.888. The third-order valence-electron chi connectivity index (χ3n) is 4.74. The molecule has 1 aromatic heterocycles. The van der Waals surface area contributed by atoms with E-state index in [9.17, 15) is 9.90 Å². The van der Waals surface area contributed by atoms with E-state index >= 15 is 0 Å². The van der Waals surface area contributed by atoms with Crippen LogP contribution in [0.2, 0.25) is 0 Å². The molecule has 6 heteroatoms. The molecule has 0 aliphatic carbocycles. The maximum Gasteiger partial charge on any atom is 0.219 e. The third-order valence-corrected chi connectivity index (χ3v) is 4.74. The van der Waals surface area contributed by atoms with Crippen LogP contribution in [0.1, 0.15) is 44.2 Å². The first-order valence-electron chi connectivity index (χ1n) is 8.14. The molecule has 1 N–H and O–H groups in total. The highest BCUT2D eigenvalue weighted by Crippen LogP contribution is 2.27. The Bertz CT molecular complexity index is 511. The van der Waals surface area contributed by atoms with Gasteiger partial charge in [0, 0.05) is 39.0 Å². The molecule has 3 heterocycles. The molecule has 6 nitrogen and oxygen atoms in total. The maximum atomic E-state index is 11.4. The number of hydrogen-bond donors (Lipinski definition) is 1. The van der Waals surface area contributed by atoms with E-state index in [1.54, 1.807) is 6.92 Å². The van der Waals surface area contributed by atoms with E-state index in [0.29, 0.717) is 12.5 Å². The summed E-state index contributed by atoms with van der Waals surface area (Å²) in [5, 5.41) is 9.75. The van der Waals surface area contributed by atoms with Crippen molar-refractivity contribution in [2.24, 2.45) is 0 Å². The van der Waals surface area contributed by atoms with Gasteiger partial charge in [-0.15, -0.1) is 0 Å². The smallest absolute Gasteiger partial charge is 0.219 e. The second-order valence-electron chi connectivity index (χ2n) is 6.32. The Balaban J connectivity index is 1.61. The van der Waals surface area contributed by atoms with E-state index in [1.165, 1.54) is 0 Å². The van der Waals surface area contributed by atoms with Crippen molar-refractivity contribution in [1.82, 2.24) is 14.9 Å². The Morgan fingerprint density at radius 1 is 1.18 bits per heavy atom. The number of carbonyl (C=O) groups excluding carboxylic acids is 1. The Kier molecular flexibility index (Phi) is 4.57. The number of aliphatic hydroxyl groups is 1. The Hall–Kier alpha value is -1.69. The number of β-amino-alcohol motifs (C(OH)–C–C–N with tert-alkyl or cyclic N) is 1. The van der Waals surface area contributed by atoms with E-state index < -0.39 is 0 Å². The molecule has 1 atom stereocenters. The molecule has 1 amide bonds. The molecule has 0 bridgehead atoms. The first-order valence-corrected chi connectivity index (χ1v) is 8.14. The van der Waals surface area contributed by atoms with Crippen molar-refractivity contribution < 1.29 is 9.90 Å². The van der Waals surface area contributed by atoms with Crippen LogP contribution in [0, 0.1) is 0 Å². The monoisotopic (exact) mass is 304 g/mol. The maximum absolute atomic E-state index is 11.4. The van der Waals surface area contributed by atoms with Crippen LogP contribution in [-0.4, -0.2) is 58.2 Å². The van der Waals surface area contributed by atoms with Crippen molar-refractivity contribution in [2.45, 2.75) is 44.6 Å². The fraction of sp³-hybridized carbons (Fsp3) is 0.688. The highest BCUT2D eigenvalue weighted by molar-refractivity contribution is 5.73. The number of aromatic nitrogens is 2. The van der Waals surface area contributed by atoms with Crippen molar-refractivity contribution in [3.8, 4) is 0 Å². The number of amides is 1. The third kappa shape index (κ3) is 3.38. The molecule has 22 heavy (non-hydrogen) atoms. The van der Waals surface area contributed by atoms with Crippen LogP contribution in [0.5, 0.6) is 0 Å². The standard InChI is InChI=1S/C16H24N4O2/c1-12(21)19-7-4-13(5-8-19)15-9-18-16(10-17-15)20-6-2-3-14(22)11-20/h9-10,13-14,22H,2-8,11H2,1H3. The lowest BCUT2D eigenvalue weighted by Crippen LogP contribution is -2.39. The van der Waals surface area contributed by atoms with Crippen molar-refractivity contribution in [1.29, 1.82) is 0 Å². The highest BCUT2D eigenvalue weighted by atomic mass is 16.3. The average Bonchev–Trinajstić information content (AvgIpc) is 2.55. The number of hydrogen-bond acceptors (Lipinski definition) is 5. The lowest BCUT2D eigenvalue weighted by atomic mass is 9.94. The number of rotatable bonds is 2. The minimum Gasteiger partial charge on any atom is -0.391 e. The van der Waals surface area contributed by atoms with Gasteiger partial charge in [0.2, 0.25) is 5.91 Å². The number of aliphatic hydroxyl groups excluding tert-OH is 1. The molecule has 0 saturated carbocycles. The lowest BCUT2D eigenvalue weighted by Gasteiger charge is -2.32. The van der Waals surface area contributed by atoms with Gasteiger partial charge in [0.05, 0.1) is 24.2 Å². The van der Waals surface area contributed by atoms with Gasteiger partial charge in [-0.25, -0.2) is 4.98 Å². The topological polar surface area (TPSA) is 69.6 Å². The molecule has 2 saturated heterocycles. The Morgan fingerprint density at radius 2 is 1.95 bits per heavy atom. The van der Waals surface area contributed by atoms with Gasteiger partial charge in [-0.1, -0.05) is 0 Å². The minimum absolute atomic E-state index is 0.156. The zero-order valence-electron chi connectivity index (χ0n) is 13.1. The van der Waals surface area contributed by atoms with Crippen LogP contribution < -0.4 is 4.90 Å². The minimum atomic E-state index is -0.258. The molecule has 0 spiro atoms. The number of piperidine rings is 2. The molecule has 3 rings (SSSR count). The van der Waals surface area contributed by atoms with E-state index in [4.69, 9.17) is 0 Å². The summed E-state index contributed by atoms with van der Waals surface area (Å²) in [5.41, 5.74) is 1.02. The fourth-order valence-electron chi connectivity index (χ4n) is 3.36. The van der Waals surface area contributed by atoms with Gasteiger partial charge in [0.25, 0.3) is 0 Å². The molecule has 2 aliphatic rings. The van der Waals surface area contributed by atoms with Crippen molar-refractivity contribution >= 4 is 11.7 Å². The summed E-state index contributed by atoms with van der Waals surface area (Å²) >= 11 is 0. The predicted octanol–water partition coefficient (Wildman–Crippen LogP) is 1.16. The molecular weight excluding hydrogens is 280 g/mol. The van der Waals surface area contributed by atoms with Crippen molar-refractivity contribution in [3.05, 3.63) is 18.1 Å². The zero-order chi connectivity index (χ0) is 15.5. The molecule has 120 valence electrons. The van der Waals surface area contributed by atoms with Gasteiger partial charge in [0.1, 0.15) is 5.82 Å². The van der Waals surface area contributed by atoms with Gasteiger partial charge in [-0.05, 0) is 25.7 Å². The summed E-state index contributed by atoms with van der Waals surface area (Å²) in [6.45, 7) is 4.82. The fourth-order valence-corrected chi connectivity index (χ4v) is 3.36. The van der Waals surface area contributed by atoms with Crippen molar-refractivity contribution in [2.75, 3.05) is 31.1 Å². The van der Waals surface area contributed by atoms with Crippen LogP contribution >= 0.6 is 0 Å². The Morgan fingerprint density at radius 3 is 2.55 bits per heavy atom. The molecular formula is C16H24N4O2. The molecule has 2 aliphatic heterocycles. The molecule has 0 radical (unpaired) electrons. The molecule has 1 unspecified atom stereocenters. The van der Waals surface area contributed by atoms with E-state index in [1.807, 2.05) is 17.3 Å². The average molecular weight is 304 g/mol. The van der Waals surface area contributed by atoms with Gasteiger partial charge in [-0.2, -0.15) is 0 Å². The van der Waals surface area contributed by atoms with E-state index in [-0.39, 0.29) is 12.0 Å². The van der Waals surface area contributed by atoms with Gasteiger partial charge < -0.3 is 14.9 Å². The second kappa shape index (κ2) is 6.60. The van der Waals surface area contributed by atoms with Gasteiger partial charge >= 0.3 is 0 Å². The summed E-state index contributed by atoms with van der Waals surface area (Å²) in [4.78, 5) is 24.5. The Labute approximate surface area is 131 Å². The van der Waals surface area contributed by atoms with E-state index in [0.717, 1.165) is 56.8 Å². The summed E-state index contributed by atoms with van der Waals surface area (Å²) in [7, 11) is 0. The summed E-state index contributed by atoms with van der Waals surface area (Å²) in [6.07, 6.45) is 7.21. The zero-order valence-corrected chi connectivity index (χ0v) is 13.1. The van der Waals surface area contributed by atoms with Crippen LogP contribution in [0.3, 0.4) is 0 Å². The predicted molar refractivity (Wildman–Crippen MR) is 83.7 cm³/mol. The highest BCUT2D eigenvalue weighted by Gasteiger charge is 2.24. The van der Waals surface area contributed by atoms with Crippen LogP contribution in [0.25, 0.3) is 0 Å². The lowest BCUT2D eigenvalue weighted by molar-refractivity contribution is -0.129. The van der Waals surface area contributed by atoms with Crippen LogP contribution in [0.15, 0.2) is 12.4 Å². The summed E-state index contributed by atoms with van der Waals surface area (Å²) < 4.78 is 0.